The first-order valence-corrected chi connectivity index (χ1v) is 10.8. The number of halogens is 1. The molecule has 3 nitrogen and oxygen atoms in total. The van der Waals surface area contributed by atoms with Gasteiger partial charge in [0, 0.05) is 6.42 Å². The number of hydrogen-bond donors (Lipinski definition) is 1. The topological polar surface area (TPSA) is 41.5 Å². The van der Waals surface area contributed by atoms with Crippen molar-refractivity contribution in [1.82, 2.24) is 5.43 Å². The van der Waals surface area contributed by atoms with E-state index in [9.17, 15) is 9.18 Å². The van der Waals surface area contributed by atoms with Gasteiger partial charge in [0.25, 0.3) is 0 Å². The Morgan fingerprint density at radius 3 is 2.04 bits per heavy atom. The van der Waals surface area contributed by atoms with Crippen molar-refractivity contribution in [2.24, 2.45) is 5.10 Å². The zero-order chi connectivity index (χ0) is 19.6. The fraction of sp³-hybridized carbons (Fsp3) is 0.652. The van der Waals surface area contributed by atoms with Gasteiger partial charge in [-0.15, -0.1) is 0 Å². The van der Waals surface area contributed by atoms with Crippen LogP contribution in [0.25, 0.3) is 0 Å². The molecule has 1 rings (SSSR count). The summed E-state index contributed by atoms with van der Waals surface area (Å²) in [5, 5.41) is 3.87. The number of nitrogens with one attached hydrogen (secondary N) is 1. The molecule has 27 heavy (non-hydrogen) atoms. The summed E-state index contributed by atoms with van der Waals surface area (Å²) in [6.45, 7) is 2.26. The van der Waals surface area contributed by atoms with E-state index in [1.54, 1.807) is 12.1 Å². The molecule has 1 aromatic rings. The van der Waals surface area contributed by atoms with Crippen molar-refractivity contribution in [3.63, 3.8) is 0 Å². The SMILES string of the molecule is CCCCCCCCCCCCCCCC(=O)NN=Cc1cccc(F)c1. The molecule has 1 N–H and O–H groups in total. The summed E-state index contributed by atoms with van der Waals surface area (Å²) >= 11 is 0. The first kappa shape index (κ1) is 23.3. The van der Waals surface area contributed by atoms with Gasteiger partial charge in [0.1, 0.15) is 5.82 Å². The summed E-state index contributed by atoms with van der Waals surface area (Å²) in [6, 6.07) is 6.12. The van der Waals surface area contributed by atoms with Crippen LogP contribution in [0.3, 0.4) is 0 Å². The van der Waals surface area contributed by atoms with Crippen molar-refractivity contribution in [2.75, 3.05) is 0 Å². The standard InChI is InChI=1S/C23H37FN2O/c1-2-3-4-5-6-7-8-9-10-11-12-13-14-18-23(27)26-25-20-21-16-15-17-22(24)19-21/h15-17,19-20H,2-14,18H2,1H3,(H,26,27). The van der Waals surface area contributed by atoms with Crippen molar-refractivity contribution in [3.8, 4) is 0 Å². The largest absolute Gasteiger partial charge is 0.273 e. The van der Waals surface area contributed by atoms with E-state index in [4.69, 9.17) is 0 Å². The second-order valence-corrected chi connectivity index (χ2v) is 7.34. The summed E-state index contributed by atoms with van der Waals surface area (Å²) in [6.07, 6.45) is 18.8. The van der Waals surface area contributed by atoms with Gasteiger partial charge in [-0.2, -0.15) is 5.10 Å². The van der Waals surface area contributed by atoms with E-state index < -0.39 is 0 Å². The van der Waals surface area contributed by atoms with Crippen LogP contribution in [0.1, 0.15) is 102 Å². The average Bonchev–Trinajstić information content (AvgIpc) is 2.65. The maximum Gasteiger partial charge on any atom is 0.240 e. The van der Waals surface area contributed by atoms with Gasteiger partial charge in [-0.1, -0.05) is 96.1 Å². The van der Waals surface area contributed by atoms with E-state index in [1.165, 1.54) is 89.0 Å². The third-order valence-electron chi connectivity index (χ3n) is 4.76. The smallest absolute Gasteiger partial charge is 0.240 e. The van der Waals surface area contributed by atoms with Crippen molar-refractivity contribution < 1.29 is 9.18 Å². The molecule has 1 amide bonds. The van der Waals surface area contributed by atoms with Crippen LogP contribution in [0.5, 0.6) is 0 Å². The molecule has 0 bridgehead atoms. The molecule has 0 saturated heterocycles. The molecule has 0 saturated carbocycles. The monoisotopic (exact) mass is 376 g/mol. The van der Waals surface area contributed by atoms with Gasteiger partial charge in [-0.05, 0) is 24.1 Å². The first-order valence-electron chi connectivity index (χ1n) is 10.8. The second-order valence-electron chi connectivity index (χ2n) is 7.34. The van der Waals surface area contributed by atoms with E-state index in [0.29, 0.717) is 12.0 Å². The van der Waals surface area contributed by atoms with Crippen LogP contribution in [0.4, 0.5) is 4.39 Å². The molecule has 0 radical (unpaired) electrons. The van der Waals surface area contributed by atoms with Gasteiger partial charge in [-0.3, -0.25) is 4.79 Å². The van der Waals surface area contributed by atoms with Gasteiger partial charge >= 0.3 is 0 Å². The van der Waals surface area contributed by atoms with Crippen LogP contribution < -0.4 is 5.43 Å². The molecule has 0 heterocycles. The Morgan fingerprint density at radius 2 is 1.48 bits per heavy atom. The lowest BCUT2D eigenvalue weighted by Crippen LogP contribution is -2.16. The maximum atomic E-state index is 13.0. The summed E-state index contributed by atoms with van der Waals surface area (Å²) in [5.41, 5.74) is 3.14. The zero-order valence-electron chi connectivity index (χ0n) is 17.0. The molecular formula is C23H37FN2O. The van der Waals surface area contributed by atoms with Crippen LogP contribution in [-0.2, 0) is 4.79 Å². The maximum absolute atomic E-state index is 13.0. The van der Waals surface area contributed by atoms with Crippen molar-refractivity contribution in [2.45, 2.75) is 96.8 Å². The van der Waals surface area contributed by atoms with Crippen LogP contribution in [0.2, 0.25) is 0 Å². The third-order valence-corrected chi connectivity index (χ3v) is 4.76. The van der Waals surface area contributed by atoms with Gasteiger partial charge in [0.15, 0.2) is 0 Å². The number of carbonyl (C=O) groups excluding carboxylic acids is 1. The van der Waals surface area contributed by atoms with Crippen LogP contribution in [0, 0.1) is 5.82 Å². The van der Waals surface area contributed by atoms with Crippen LogP contribution >= 0.6 is 0 Å². The molecule has 0 aromatic heterocycles. The van der Waals surface area contributed by atoms with Crippen LogP contribution in [-0.4, -0.2) is 12.1 Å². The van der Waals surface area contributed by atoms with Gasteiger partial charge in [-0.25, -0.2) is 9.82 Å². The predicted molar refractivity (Wildman–Crippen MR) is 112 cm³/mol. The van der Waals surface area contributed by atoms with Crippen molar-refractivity contribution >= 4 is 12.1 Å². The fourth-order valence-electron chi connectivity index (χ4n) is 3.12. The van der Waals surface area contributed by atoms with E-state index in [2.05, 4.69) is 17.5 Å². The van der Waals surface area contributed by atoms with E-state index in [1.807, 2.05) is 0 Å². The van der Waals surface area contributed by atoms with Crippen molar-refractivity contribution in [1.29, 1.82) is 0 Å². The Kier molecular flexibility index (Phi) is 14.2. The Morgan fingerprint density at radius 1 is 0.926 bits per heavy atom. The fourth-order valence-corrected chi connectivity index (χ4v) is 3.12. The number of hydrazone groups is 1. The van der Waals surface area contributed by atoms with E-state index >= 15 is 0 Å². The molecule has 1 aromatic carbocycles. The number of unbranched alkanes of at least 4 members (excludes halogenated alkanes) is 12. The number of nitrogens with zero attached hydrogens (tertiary/aromatic N) is 1. The highest BCUT2D eigenvalue weighted by Crippen LogP contribution is 2.12. The number of hydrogen-bond acceptors (Lipinski definition) is 2. The van der Waals surface area contributed by atoms with E-state index in [0.717, 1.165) is 12.8 Å². The summed E-state index contributed by atoms with van der Waals surface area (Å²) < 4.78 is 13.0. The number of rotatable bonds is 16. The number of amides is 1. The van der Waals surface area contributed by atoms with Crippen molar-refractivity contribution in [3.05, 3.63) is 35.6 Å². The number of benzene rings is 1. The van der Waals surface area contributed by atoms with Gasteiger partial charge < -0.3 is 0 Å². The lowest BCUT2D eigenvalue weighted by atomic mass is 10.0. The minimum absolute atomic E-state index is 0.0780. The minimum atomic E-state index is -0.308. The second kappa shape index (κ2) is 16.5. The highest BCUT2D eigenvalue weighted by molar-refractivity contribution is 5.82. The predicted octanol–water partition coefficient (Wildman–Crippen LogP) is 6.76. The van der Waals surface area contributed by atoms with E-state index in [-0.39, 0.29) is 11.7 Å². The van der Waals surface area contributed by atoms with Crippen LogP contribution in [0.15, 0.2) is 29.4 Å². The Hall–Kier alpha value is -1.71. The summed E-state index contributed by atoms with van der Waals surface area (Å²) in [5.74, 6) is -0.386. The molecule has 0 atom stereocenters. The molecule has 4 heteroatoms. The zero-order valence-corrected chi connectivity index (χ0v) is 17.0. The summed E-state index contributed by atoms with van der Waals surface area (Å²) in [4.78, 5) is 11.7. The lowest BCUT2D eigenvalue weighted by molar-refractivity contribution is -0.121. The Balaban J connectivity index is 1.88. The minimum Gasteiger partial charge on any atom is -0.273 e. The lowest BCUT2D eigenvalue weighted by Gasteiger charge is -2.03. The number of carbonyl (C=O) groups is 1. The summed E-state index contributed by atoms with van der Waals surface area (Å²) in [7, 11) is 0. The first-order chi connectivity index (χ1) is 13.2. The highest BCUT2D eigenvalue weighted by atomic mass is 19.1. The molecule has 0 aliphatic carbocycles. The molecule has 0 aliphatic rings. The third kappa shape index (κ3) is 14.1. The molecule has 0 unspecified atom stereocenters. The molecular weight excluding hydrogens is 339 g/mol. The molecule has 152 valence electrons. The highest BCUT2D eigenvalue weighted by Gasteiger charge is 2.00. The molecule has 0 aliphatic heterocycles. The molecule has 0 spiro atoms. The quantitative estimate of drug-likeness (QED) is 0.193. The molecule has 0 fully saturated rings. The Labute approximate surface area is 164 Å². The van der Waals surface area contributed by atoms with Gasteiger partial charge in [0.2, 0.25) is 5.91 Å². The Bertz CT molecular complexity index is 531. The average molecular weight is 377 g/mol. The normalized spacial score (nSPS) is 11.2. The van der Waals surface area contributed by atoms with Gasteiger partial charge in [0.05, 0.1) is 6.21 Å².